The van der Waals surface area contributed by atoms with E-state index in [0.717, 1.165) is 5.56 Å². The normalized spacial score (nSPS) is 12.5. The van der Waals surface area contributed by atoms with Crippen LogP contribution >= 0.6 is 23.2 Å². The monoisotopic (exact) mass is 232 g/mol. The maximum Gasteiger partial charge on any atom is 0.152 e. The van der Waals surface area contributed by atoms with Crippen molar-refractivity contribution >= 4 is 29.0 Å². The predicted molar refractivity (Wildman–Crippen MR) is 56.9 cm³/mol. The van der Waals surface area contributed by atoms with Gasteiger partial charge in [0.15, 0.2) is 5.78 Å². The van der Waals surface area contributed by atoms with E-state index in [1.54, 1.807) is 6.07 Å². The maximum absolute atomic E-state index is 11.1. The Morgan fingerprint density at radius 3 is 2.71 bits per heavy atom. The van der Waals surface area contributed by atoms with Crippen molar-refractivity contribution in [1.82, 2.24) is 0 Å². The van der Waals surface area contributed by atoms with Crippen molar-refractivity contribution in [1.29, 1.82) is 0 Å². The number of halogens is 2. The fourth-order valence-corrected chi connectivity index (χ4v) is 1.61. The van der Waals surface area contributed by atoms with Crippen molar-refractivity contribution in [2.75, 3.05) is 0 Å². The second-order valence-electron chi connectivity index (χ2n) is 2.99. The molecule has 0 saturated carbocycles. The summed E-state index contributed by atoms with van der Waals surface area (Å²) in [5.74, 6) is 0.191. The van der Waals surface area contributed by atoms with Crippen LogP contribution in [-0.2, 0) is 10.7 Å². The highest BCUT2D eigenvalue weighted by molar-refractivity contribution is 6.31. The summed E-state index contributed by atoms with van der Waals surface area (Å²) in [6.45, 7) is 1.40. The van der Waals surface area contributed by atoms with Crippen LogP contribution in [0.1, 0.15) is 23.4 Å². The first kappa shape index (κ1) is 11.3. The first-order chi connectivity index (χ1) is 6.56. The van der Waals surface area contributed by atoms with Crippen molar-refractivity contribution in [2.45, 2.75) is 18.2 Å². The Morgan fingerprint density at radius 2 is 2.21 bits per heavy atom. The molecule has 0 radical (unpaired) electrons. The van der Waals surface area contributed by atoms with Crippen molar-refractivity contribution in [2.24, 2.45) is 0 Å². The highest BCUT2D eigenvalue weighted by atomic mass is 35.5. The van der Waals surface area contributed by atoms with Gasteiger partial charge in [-0.15, -0.1) is 23.2 Å². The number of carbonyl (C=O) groups excluding carboxylic acids is 1. The molecular formula is C10H10Cl2O2. The van der Waals surface area contributed by atoms with Gasteiger partial charge in [0.05, 0.1) is 0 Å². The van der Waals surface area contributed by atoms with E-state index in [1.165, 1.54) is 19.1 Å². The summed E-state index contributed by atoms with van der Waals surface area (Å²) in [6.07, 6.45) is 0. The lowest BCUT2D eigenvalue weighted by atomic mass is 10.0. The molecule has 1 unspecified atom stereocenters. The van der Waals surface area contributed by atoms with E-state index in [9.17, 15) is 9.90 Å². The predicted octanol–water partition coefficient (Wildman–Crippen LogP) is 3.00. The van der Waals surface area contributed by atoms with Gasteiger partial charge in [-0.05, 0) is 30.2 Å². The molecule has 0 saturated heterocycles. The van der Waals surface area contributed by atoms with Crippen LogP contribution in [-0.4, -0.2) is 10.9 Å². The Labute approximate surface area is 92.5 Å². The van der Waals surface area contributed by atoms with Crippen LogP contribution in [0.4, 0.5) is 0 Å². The smallest absolute Gasteiger partial charge is 0.152 e. The number of phenols is 1. The van der Waals surface area contributed by atoms with Gasteiger partial charge in [0, 0.05) is 5.88 Å². The topological polar surface area (TPSA) is 37.3 Å². The molecule has 4 heteroatoms. The molecule has 0 aromatic heterocycles. The summed E-state index contributed by atoms with van der Waals surface area (Å²) in [5, 5.41) is 8.51. The highest BCUT2D eigenvalue weighted by Gasteiger charge is 2.17. The summed E-state index contributed by atoms with van der Waals surface area (Å²) < 4.78 is 0. The zero-order valence-electron chi connectivity index (χ0n) is 7.63. The number of alkyl halides is 2. The molecule has 0 fully saturated rings. The third-order valence-electron chi connectivity index (χ3n) is 1.90. The molecule has 0 heterocycles. The molecule has 0 aliphatic heterocycles. The number of phenolic OH excluding ortho intramolecular Hbond substituents is 1. The number of hydrogen-bond acceptors (Lipinski definition) is 2. The van der Waals surface area contributed by atoms with E-state index in [4.69, 9.17) is 23.2 Å². The van der Waals surface area contributed by atoms with Crippen LogP contribution < -0.4 is 0 Å². The second kappa shape index (κ2) is 4.67. The molecule has 0 amide bonds. The quantitative estimate of drug-likeness (QED) is 0.814. The molecule has 0 aliphatic rings. The summed E-state index contributed by atoms with van der Waals surface area (Å²) in [5.41, 5.74) is 1.34. The van der Waals surface area contributed by atoms with E-state index in [2.05, 4.69) is 0 Å². The minimum atomic E-state index is -0.740. The first-order valence-corrected chi connectivity index (χ1v) is 5.05. The molecule has 1 aromatic rings. The summed E-state index contributed by atoms with van der Waals surface area (Å²) in [6, 6.07) is 4.65. The number of aromatic hydroxyl groups is 1. The SMILES string of the molecule is CC(=O)C(Cl)c1cc(O)ccc1CCl. The van der Waals surface area contributed by atoms with Crippen LogP contribution in [0.15, 0.2) is 18.2 Å². The van der Waals surface area contributed by atoms with Gasteiger partial charge < -0.3 is 5.11 Å². The number of rotatable bonds is 3. The van der Waals surface area contributed by atoms with E-state index in [0.29, 0.717) is 5.56 Å². The average Bonchev–Trinajstić information content (AvgIpc) is 2.16. The van der Waals surface area contributed by atoms with Gasteiger partial charge in [0.25, 0.3) is 0 Å². The number of benzene rings is 1. The van der Waals surface area contributed by atoms with Gasteiger partial charge in [-0.25, -0.2) is 0 Å². The largest absolute Gasteiger partial charge is 0.508 e. The number of carbonyl (C=O) groups is 1. The van der Waals surface area contributed by atoms with Gasteiger partial charge in [-0.3, -0.25) is 4.79 Å². The molecule has 1 aromatic carbocycles. The maximum atomic E-state index is 11.1. The minimum Gasteiger partial charge on any atom is -0.508 e. The highest BCUT2D eigenvalue weighted by Crippen LogP contribution is 2.29. The van der Waals surface area contributed by atoms with Crippen LogP contribution in [0.2, 0.25) is 0 Å². The molecule has 76 valence electrons. The van der Waals surface area contributed by atoms with Crippen molar-refractivity contribution in [3.63, 3.8) is 0 Å². The fourth-order valence-electron chi connectivity index (χ4n) is 1.16. The Balaban J connectivity index is 3.16. The van der Waals surface area contributed by atoms with Gasteiger partial charge >= 0.3 is 0 Å². The summed E-state index contributed by atoms with van der Waals surface area (Å²) in [4.78, 5) is 11.1. The molecule has 1 N–H and O–H groups in total. The average molecular weight is 233 g/mol. The van der Waals surface area contributed by atoms with E-state index in [1.807, 2.05) is 0 Å². The Morgan fingerprint density at radius 1 is 1.57 bits per heavy atom. The van der Waals surface area contributed by atoms with E-state index < -0.39 is 5.38 Å². The van der Waals surface area contributed by atoms with Gasteiger partial charge in [0.2, 0.25) is 0 Å². The molecule has 0 aliphatic carbocycles. The Hall–Kier alpha value is -0.730. The van der Waals surface area contributed by atoms with Crippen molar-refractivity contribution in [3.05, 3.63) is 29.3 Å². The Bertz CT molecular complexity index is 350. The van der Waals surface area contributed by atoms with Crippen molar-refractivity contribution in [3.8, 4) is 5.75 Å². The van der Waals surface area contributed by atoms with E-state index >= 15 is 0 Å². The standard InChI is InChI=1S/C10H10Cl2O2/c1-6(13)10(12)9-4-8(14)3-2-7(9)5-11/h2-4,10,14H,5H2,1H3. The molecule has 1 atom stereocenters. The minimum absolute atomic E-state index is 0.0840. The van der Waals surface area contributed by atoms with E-state index in [-0.39, 0.29) is 17.4 Å². The lowest BCUT2D eigenvalue weighted by Gasteiger charge is -2.10. The zero-order valence-corrected chi connectivity index (χ0v) is 9.14. The Kier molecular flexibility index (Phi) is 3.78. The molecule has 0 bridgehead atoms. The zero-order chi connectivity index (χ0) is 10.7. The van der Waals surface area contributed by atoms with Gasteiger partial charge in [-0.2, -0.15) is 0 Å². The van der Waals surface area contributed by atoms with Crippen LogP contribution in [0.3, 0.4) is 0 Å². The third-order valence-corrected chi connectivity index (χ3v) is 2.73. The molecule has 2 nitrogen and oxygen atoms in total. The lowest BCUT2D eigenvalue weighted by Crippen LogP contribution is -2.04. The van der Waals surface area contributed by atoms with Crippen LogP contribution in [0, 0.1) is 0 Å². The first-order valence-electron chi connectivity index (χ1n) is 4.08. The molecule has 14 heavy (non-hydrogen) atoms. The lowest BCUT2D eigenvalue weighted by molar-refractivity contribution is -0.116. The number of Topliss-reactive ketones (excluding diaryl/α,β-unsaturated/α-hetero) is 1. The van der Waals surface area contributed by atoms with Gasteiger partial charge in [-0.1, -0.05) is 6.07 Å². The number of ketones is 1. The third kappa shape index (κ3) is 2.40. The summed E-state index contributed by atoms with van der Waals surface area (Å²) >= 11 is 11.6. The van der Waals surface area contributed by atoms with Crippen molar-refractivity contribution < 1.29 is 9.90 Å². The van der Waals surface area contributed by atoms with Crippen LogP contribution in [0.5, 0.6) is 5.75 Å². The van der Waals surface area contributed by atoms with Crippen LogP contribution in [0.25, 0.3) is 0 Å². The van der Waals surface area contributed by atoms with Gasteiger partial charge in [0.1, 0.15) is 11.1 Å². The summed E-state index contributed by atoms with van der Waals surface area (Å²) in [7, 11) is 0. The second-order valence-corrected chi connectivity index (χ2v) is 3.69. The molecule has 0 spiro atoms. The molecular weight excluding hydrogens is 223 g/mol. The fraction of sp³-hybridized carbons (Fsp3) is 0.300. The number of hydrogen-bond donors (Lipinski definition) is 1. The molecule has 1 rings (SSSR count).